The molecule has 7 nitrogen and oxygen atoms in total. The number of carbonyl (C=O) groups is 1. The van der Waals surface area contributed by atoms with Crippen LogP contribution in [0.5, 0.6) is 5.75 Å². The number of amides is 1. The van der Waals surface area contributed by atoms with E-state index in [9.17, 15) is 4.79 Å². The second-order valence-corrected chi connectivity index (χ2v) is 5.61. The van der Waals surface area contributed by atoms with Crippen molar-refractivity contribution in [2.24, 2.45) is 0 Å². The first-order valence-electron chi connectivity index (χ1n) is 7.97. The summed E-state index contributed by atoms with van der Waals surface area (Å²) in [6, 6.07) is 16.7. The van der Waals surface area contributed by atoms with Crippen molar-refractivity contribution >= 4 is 29.0 Å². The maximum atomic E-state index is 11.1. The van der Waals surface area contributed by atoms with Crippen molar-refractivity contribution < 1.29 is 9.53 Å². The normalized spacial score (nSPS) is 10.2. The molecule has 0 bridgehead atoms. The van der Waals surface area contributed by atoms with Crippen LogP contribution in [0.3, 0.4) is 0 Å². The van der Waals surface area contributed by atoms with Gasteiger partial charge in [-0.1, -0.05) is 0 Å². The van der Waals surface area contributed by atoms with Gasteiger partial charge in [-0.2, -0.15) is 4.98 Å². The number of benzene rings is 2. The lowest BCUT2D eigenvalue weighted by Crippen LogP contribution is -2.05. The molecule has 132 valence electrons. The molecule has 0 saturated carbocycles. The predicted molar refractivity (Wildman–Crippen MR) is 102 cm³/mol. The Morgan fingerprint density at radius 2 is 1.65 bits per heavy atom. The Balaban J connectivity index is 1.81. The van der Waals surface area contributed by atoms with Crippen LogP contribution in [0, 0.1) is 0 Å². The summed E-state index contributed by atoms with van der Waals surface area (Å²) in [5.41, 5.74) is 9.01. The molecule has 0 spiro atoms. The molecule has 0 unspecified atom stereocenters. The number of nitrogens with zero attached hydrogens (tertiary/aromatic N) is 2. The molecule has 2 aromatic carbocycles. The van der Waals surface area contributed by atoms with E-state index in [1.54, 1.807) is 19.2 Å². The van der Waals surface area contributed by atoms with Crippen LogP contribution in [0.2, 0.25) is 0 Å². The first kappa shape index (κ1) is 17.2. The summed E-state index contributed by atoms with van der Waals surface area (Å²) in [6.07, 6.45) is 0. The number of ether oxygens (including phenoxy) is 1. The first-order valence-corrected chi connectivity index (χ1v) is 7.97. The number of anilines is 4. The third kappa shape index (κ3) is 4.27. The van der Waals surface area contributed by atoms with Crippen LogP contribution >= 0.6 is 0 Å². The molecule has 0 aliphatic heterocycles. The van der Waals surface area contributed by atoms with E-state index in [0.717, 1.165) is 22.7 Å². The van der Waals surface area contributed by atoms with Crippen LogP contribution in [0.4, 0.5) is 23.1 Å². The van der Waals surface area contributed by atoms with Crippen molar-refractivity contribution in [2.45, 2.75) is 6.92 Å². The van der Waals surface area contributed by atoms with Gasteiger partial charge in [0.15, 0.2) is 0 Å². The van der Waals surface area contributed by atoms with Gasteiger partial charge in [0, 0.05) is 29.9 Å². The van der Waals surface area contributed by atoms with E-state index in [4.69, 9.17) is 10.5 Å². The van der Waals surface area contributed by atoms with Crippen LogP contribution < -0.4 is 21.1 Å². The van der Waals surface area contributed by atoms with E-state index in [2.05, 4.69) is 20.6 Å². The number of nitrogen functional groups attached to an aromatic ring is 1. The number of hydrogen-bond donors (Lipinski definition) is 3. The molecule has 3 rings (SSSR count). The van der Waals surface area contributed by atoms with Crippen LogP contribution in [0.1, 0.15) is 6.92 Å². The van der Waals surface area contributed by atoms with E-state index < -0.39 is 0 Å². The number of aromatic nitrogens is 2. The van der Waals surface area contributed by atoms with Crippen molar-refractivity contribution in [3.05, 3.63) is 54.6 Å². The lowest BCUT2D eigenvalue weighted by Gasteiger charge is -2.10. The van der Waals surface area contributed by atoms with Crippen LogP contribution in [-0.4, -0.2) is 23.0 Å². The SMILES string of the molecule is COc1ccc(-c2cc(Nc3ccc(NC(C)=O)cc3)nc(N)n2)cc1. The maximum absolute atomic E-state index is 11.1. The molecular weight excluding hydrogens is 330 g/mol. The second-order valence-electron chi connectivity index (χ2n) is 5.61. The summed E-state index contributed by atoms with van der Waals surface area (Å²) < 4.78 is 5.17. The summed E-state index contributed by atoms with van der Waals surface area (Å²) in [7, 11) is 1.62. The van der Waals surface area contributed by atoms with Gasteiger partial charge in [-0.05, 0) is 48.5 Å². The van der Waals surface area contributed by atoms with Crippen LogP contribution in [-0.2, 0) is 4.79 Å². The third-order valence-electron chi connectivity index (χ3n) is 3.61. The number of rotatable bonds is 5. The second kappa shape index (κ2) is 7.52. The van der Waals surface area contributed by atoms with Gasteiger partial charge in [-0.25, -0.2) is 4.98 Å². The average Bonchev–Trinajstić information content (AvgIpc) is 2.62. The molecule has 7 heteroatoms. The van der Waals surface area contributed by atoms with E-state index >= 15 is 0 Å². The number of nitrogens with one attached hydrogen (secondary N) is 2. The zero-order valence-electron chi connectivity index (χ0n) is 14.5. The Kier molecular flexibility index (Phi) is 4.98. The molecule has 0 fully saturated rings. The third-order valence-corrected chi connectivity index (χ3v) is 3.61. The molecule has 1 heterocycles. The van der Waals surface area contributed by atoms with E-state index in [1.165, 1.54) is 6.92 Å². The fourth-order valence-electron chi connectivity index (χ4n) is 2.43. The summed E-state index contributed by atoms with van der Waals surface area (Å²) in [4.78, 5) is 19.6. The molecular formula is C19H19N5O2. The van der Waals surface area contributed by atoms with Gasteiger partial charge >= 0.3 is 0 Å². The van der Waals surface area contributed by atoms with Crippen LogP contribution in [0.15, 0.2) is 54.6 Å². The molecule has 1 aromatic heterocycles. The minimum atomic E-state index is -0.113. The highest BCUT2D eigenvalue weighted by Gasteiger charge is 2.06. The van der Waals surface area contributed by atoms with Gasteiger partial charge in [-0.15, -0.1) is 0 Å². The van der Waals surface area contributed by atoms with Crippen molar-refractivity contribution in [3.63, 3.8) is 0 Å². The standard InChI is InChI=1S/C19H19N5O2/c1-12(25)21-14-5-7-15(8-6-14)22-18-11-17(23-19(20)24-18)13-3-9-16(26-2)10-4-13/h3-11H,1-2H3,(H,21,25)(H3,20,22,23,24). The summed E-state index contributed by atoms with van der Waals surface area (Å²) in [6.45, 7) is 1.47. The van der Waals surface area contributed by atoms with E-state index in [-0.39, 0.29) is 11.9 Å². The molecule has 0 aliphatic carbocycles. The first-order chi connectivity index (χ1) is 12.5. The minimum absolute atomic E-state index is 0.113. The highest BCUT2D eigenvalue weighted by Crippen LogP contribution is 2.25. The van der Waals surface area contributed by atoms with Gasteiger partial charge in [0.25, 0.3) is 0 Å². The maximum Gasteiger partial charge on any atom is 0.222 e. The van der Waals surface area contributed by atoms with Crippen molar-refractivity contribution in [1.82, 2.24) is 9.97 Å². The molecule has 0 atom stereocenters. The highest BCUT2D eigenvalue weighted by atomic mass is 16.5. The fraction of sp³-hybridized carbons (Fsp3) is 0.105. The smallest absolute Gasteiger partial charge is 0.222 e. The van der Waals surface area contributed by atoms with Crippen LogP contribution in [0.25, 0.3) is 11.3 Å². The quantitative estimate of drug-likeness (QED) is 0.652. The van der Waals surface area contributed by atoms with Crippen molar-refractivity contribution in [3.8, 4) is 17.0 Å². The summed E-state index contributed by atoms with van der Waals surface area (Å²) in [5.74, 6) is 1.41. The highest BCUT2D eigenvalue weighted by molar-refractivity contribution is 5.88. The monoisotopic (exact) mass is 349 g/mol. The Bertz CT molecular complexity index is 908. The van der Waals surface area contributed by atoms with Gasteiger partial charge in [-0.3, -0.25) is 4.79 Å². The topological polar surface area (TPSA) is 102 Å². The number of methoxy groups -OCH3 is 1. The molecule has 0 saturated heterocycles. The van der Waals surface area contributed by atoms with Gasteiger partial charge in [0.1, 0.15) is 11.6 Å². The Labute approximate surface area is 151 Å². The summed E-state index contributed by atoms with van der Waals surface area (Å²) >= 11 is 0. The molecule has 0 radical (unpaired) electrons. The van der Waals surface area contributed by atoms with Gasteiger partial charge < -0.3 is 21.1 Å². The lowest BCUT2D eigenvalue weighted by molar-refractivity contribution is -0.114. The zero-order valence-corrected chi connectivity index (χ0v) is 14.5. The Morgan fingerprint density at radius 3 is 2.27 bits per heavy atom. The molecule has 0 aliphatic rings. The van der Waals surface area contributed by atoms with Gasteiger partial charge in [0.2, 0.25) is 11.9 Å². The molecule has 3 aromatic rings. The Morgan fingerprint density at radius 1 is 1.00 bits per heavy atom. The number of nitrogens with two attached hydrogens (primary N) is 1. The van der Waals surface area contributed by atoms with E-state index in [0.29, 0.717) is 11.5 Å². The number of carbonyl (C=O) groups excluding carboxylic acids is 1. The Hall–Kier alpha value is -3.61. The molecule has 26 heavy (non-hydrogen) atoms. The van der Waals surface area contributed by atoms with Crippen molar-refractivity contribution in [2.75, 3.05) is 23.5 Å². The largest absolute Gasteiger partial charge is 0.497 e. The zero-order chi connectivity index (χ0) is 18.5. The molecule has 4 N–H and O–H groups in total. The summed E-state index contributed by atoms with van der Waals surface area (Å²) in [5, 5.41) is 5.91. The predicted octanol–water partition coefficient (Wildman–Crippen LogP) is 3.44. The van der Waals surface area contributed by atoms with Crippen molar-refractivity contribution in [1.29, 1.82) is 0 Å². The lowest BCUT2D eigenvalue weighted by atomic mass is 10.1. The average molecular weight is 349 g/mol. The molecule has 1 amide bonds. The van der Waals surface area contributed by atoms with E-state index in [1.807, 2.05) is 42.5 Å². The fourth-order valence-corrected chi connectivity index (χ4v) is 2.43. The minimum Gasteiger partial charge on any atom is -0.497 e. The van der Waals surface area contributed by atoms with Gasteiger partial charge in [0.05, 0.1) is 12.8 Å². The number of hydrogen-bond acceptors (Lipinski definition) is 6.